The van der Waals surface area contributed by atoms with Gasteiger partial charge in [0.05, 0.1) is 35.4 Å². The van der Waals surface area contributed by atoms with E-state index in [2.05, 4.69) is 9.39 Å². The predicted octanol–water partition coefficient (Wildman–Crippen LogP) is 1.70. The Labute approximate surface area is 187 Å². The average molecular weight is 507 g/mol. The van der Waals surface area contributed by atoms with Crippen molar-refractivity contribution in [1.29, 1.82) is 5.41 Å². The van der Waals surface area contributed by atoms with E-state index >= 15 is 0 Å². The van der Waals surface area contributed by atoms with Crippen LogP contribution in [0.2, 0.25) is 5.02 Å². The van der Waals surface area contributed by atoms with Crippen molar-refractivity contribution in [1.82, 2.24) is 4.90 Å². The van der Waals surface area contributed by atoms with E-state index < -0.39 is 36.9 Å². The summed E-state index contributed by atoms with van der Waals surface area (Å²) in [5.74, 6) is -1.43. The van der Waals surface area contributed by atoms with E-state index in [0.717, 1.165) is 17.4 Å². The molecule has 2 heterocycles. The van der Waals surface area contributed by atoms with E-state index in [1.807, 2.05) is 0 Å². The first-order chi connectivity index (χ1) is 14.3. The monoisotopic (exact) mass is 506 g/mol. The SMILES string of the molecule is CCOc1cc(/C=C2/C(=N)N3C(=NC2=O)SN=C3S(C)(=O)=O)cc(Cl)c1OS(C)(=O)=O. The molecule has 15 heteroatoms. The van der Waals surface area contributed by atoms with Crippen molar-refractivity contribution in [3.63, 3.8) is 0 Å². The summed E-state index contributed by atoms with van der Waals surface area (Å²) in [4.78, 5) is 17.2. The van der Waals surface area contributed by atoms with E-state index in [1.165, 1.54) is 18.2 Å². The molecule has 166 valence electrons. The Balaban J connectivity index is 2.08. The van der Waals surface area contributed by atoms with Gasteiger partial charge in [-0.15, -0.1) is 0 Å². The third kappa shape index (κ3) is 4.92. The Kier molecular flexibility index (Phi) is 6.19. The second-order valence-corrected chi connectivity index (χ2v) is 10.9. The molecule has 3 rings (SSSR count). The molecule has 0 unspecified atom stereocenters. The summed E-state index contributed by atoms with van der Waals surface area (Å²) in [5.41, 5.74) is 0.0450. The maximum Gasteiger partial charge on any atom is 0.306 e. The lowest BCUT2D eigenvalue weighted by Gasteiger charge is -2.24. The summed E-state index contributed by atoms with van der Waals surface area (Å²) in [6, 6.07) is 2.68. The fourth-order valence-electron chi connectivity index (χ4n) is 2.57. The van der Waals surface area contributed by atoms with Gasteiger partial charge in [0.1, 0.15) is 5.84 Å². The zero-order valence-corrected chi connectivity index (χ0v) is 19.4. The lowest BCUT2D eigenvalue weighted by atomic mass is 10.1. The van der Waals surface area contributed by atoms with Crippen molar-refractivity contribution < 1.29 is 30.6 Å². The highest BCUT2D eigenvalue weighted by Crippen LogP contribution is 2.38. The number of aliphatic imine (C=N–C) groups is 1. The van der Waals surface area contributed by atoms with Gasteiger partial charge in [0, 0.05) is 6.26 Å². The van der Waals surface area contributed by atoms with E-state index in [-0.39, 0.29) is 39.4 Å². The van der Waals surface area contributed by atoms with Crippen LogP contribution in [0, 0.1) is 5.41 Å². The summed E-state index contributed by atoms with van der Waals surface area (Å²) < 4.78 is 61.0. The van der Waals surface area contributed by atoms with Crippen molar-refractivity contribution in [3.05, 3.63) is 28.3 Å². The van der Waals surface area contributed by atoms with Crippen LogP contribution in [0.5, 0.6) is 11.5 Å². The van der Waals surface area contributed by atoms with Crippen LogP contribution in [-0.2, 0) is 24.7 Å². The van der Waals surface area contributed by atoms with Crippen LogP contribution in [0.3, 0.4) is 0 Å². The summed E-state index contributed by atoms with van der Waals surface area (Å²) in [5, 5.41) is 7.77. The number of amides is 1. The number of fused-ring (bicyclic) bond motifs is 1. The average Bonchev–Trinajstić information content (AvgIpc) is 3.05. The standard InChI is InChI=1S/C16H15ClN4O7S3/c1-4-27-11-7-8(6-10(17)12(11)28-31(3,25)26)5-9-13(18)21-15(19-14(9)22)29-20-16(21)30(2,23)24/h5-7,18H,4H2,1-3H3/b9-5-,18-13?. The van der Waals surface area contributed by atoms with Crippen LogP contribution < -0.4 is 8.92 Å². The molecule has 0 aromatic heterocycles. The van der Waals surface area contributed by atoms with E-state index in [9.17, 15) is 21.6 Å². The lowest BCUT2D eigenvalue weighted by molar-refractivity contribution is -0.114. The maximum absolute atomic E-state index is 12.5. The topological polar surface area (TPSA) is 156 Å². The van der Waals surface area contributed by atoms with Crippen molar-refractivity contribution in [3.8, 4) is 11.5 Å². The van der Waals surface area contributed by atoms with Gasteiger partial charge in [-0.25, -0.2) is 13.3 Å². The number of hydrogen-bond acceptors (Lipinski definition) is 10. The number of sulfone groups is 1. The van der Waals surface area contributed by atoms with Crippen LogP contribution in [0.1, 0.15) is 12.5 Å². The van der Waals surface area contributed by atoms with Gasteiger partial charge < -0.3 is 8.92 Å². The largest absolute Gasteiger partial charge is 0.490 e. The summed E-state index contributed by atoms with van der Waals surface area (Å²) in [6.07, 6.45) is 3.03. The Morgan fingerprint density at radius 3 is 2.52 bits per heavy atom. The molecular formula is C16H15ClN4O7S3. The normalized spacial score (nSPS) is 18.1. The zero-order valence-electron chi connectivity index (χ0n) is 16.2. The molecule has 0 atom stereocenters. The van der Waals surface area contributed by atoms with Crippen LogP contribution in [0.15, 0.2) is 27.1 Å². The fourth-order valence-corrected chi connectivity index (χ4v) is 5.19. The van der Waals surface area contributed by atoms with Crippen LogP contribution in [-0.4, -0.2) is 62.9 Å². The van der Waals surface area contributed by atoms with Crippen molar-refractivity contribution in [2.24, 2.45) is 9.39 Å². The smallest absolute Gasteiger partial charge is 0.306 e. The zero-order chi connectivity index (χ0) is 23.1. The van der Waals surface area contributed by atoms with Gasteiger partial charge in [0.25, 0.3) is 5.91 Å². The minimum absolute atomic E-state index is 0.00127. The number of nitrogens with zero attached hydrogens (tertiary/aromatic N) is 3. The van der Waals surface area contributed by atoms with Gasteiger partial charge in [-0.1, -0.05) is 11.6 Å². The molecule has 0 saturated heterocycles. The number of carbonyl (C=O) groups excluding carboxylic acids is 1. The molecule has 0 fully saturated rings. The van der Waals surface area contributed by atoms with E-state index in [0.29, 0.717) is 11.9 Å². The Bertz CT molecular complexity index is 1300. The molecule has 0 aliphatic carbocycles. The van der Waals surface area contributed by atoms with Crippen molar-refractivity contribution in [2.45, 2.75) is 6.92 Å². The van der Waals surface area contributed by atoms with Gasteiger partial charge in [0.2, 0.25) is 25.9 Å². The van der Waals surface area contributed by atoms with Gasteiger partial charge in [-0.2, -0.15) is 17.8 Å². The number of carbonyl (C=O) groups is 1. The fraction of sp³-hybridized carbons (Fsp3) is 0.250. The van der Waals surface area contributed by atoms with Gasteiger partial charge in [-0.05, 0) is 30.7 Å². The number of amidine groups is 3. The first-order valence-electron chi connectivity index (χ1n) is 8.36. The Morgan fingerprint density at radius 2 is 1.94 bits per heavy atom. The van der Waals surface area contributed by atoms with Crippen LogP contribution in [0.4, 0.5) is 0 Å². The van der Waals surface area contributed by atoms with Gasteiger partial charge >= 0.3 is 10.1 Å². The highest BCUT2D eigenvalue weighted by atomic mass is 35.5. The highest BCUT2D eigenvalue weighted by Gasteiger charge is 2.41. The van der Waals surface area contributed by atoms with E-state index in [4.69, 9.17) is 25.9 Å². The molecule has 0 saturated carbocycles. The Hall–Kier alpha value is -2.42. The molecule has 1 aromatic rings. The molecule has 1 N–H and O–H groups in total. The van der Waals surface area contributed by atoms with Crippen LogP contribution in [0.25, 0.3) is 6.08 Å². The molecule has 1 aromatic carbocycles. The van der Waals surface area contributed by atoms with Crippen LogP contribution >= 0.6 is 23.5 Å². The van der Waals surface area contributed by atoms with E-state index in [1.54, 1.807) is 6.92 Å². The third-order valence-electron chi connectivity index (χ3n) is 3.70. The number of halogens is 1. The molecule has 0 radical (unpaired) electrons. The minimum Gasteiger partial charge on any atom is -0.490 e. The molecule has 2 aliphatic heterocycles. The molecule has 31 heavy (non-hydrogen) atoms. The van der Waals surface area contributed by atoms with Crippen molar-refractivity contribution >= 4 is 71.7 Å². The first kappa shape index (κ1) is 23.2. The molecule has 11 nitrogen and oxygen atoms in total. The molecule has 0 spiro atoms. The number of benzene rings is 1. The first-order valence-corrected chi connectivity index (χ1v) is 13.2. The number of nitrogens with one attached hydrogen (secondary N) is 1. The number of ether oxygens (including phenoxy) is 1. The number of rotatable bonds is 5. The molecule has 2 aliphatic rings. The molecular weight excluding hydrogens is 492 g/mol. The Morgan fingerprint density at radius 1 is 1.26 bits per heavy atom. The molecule has 0 bridgehead atoms. The third-order valence-corrected chi connectivity index (χ3v) is 6.21. The highest BCUT2D eigenvalue weighted by molar-refractivity contribution is 8.16. The second kappa shape index (κ2) is 8.26. The maximum atomic E-state index is 12.5. The van der Waals surface area contributed by atoms with Gasteiger partial charge in [-0.3, -0.25) is 10.2 Å². The van der Waals surface area contributed by atoms with Gasteiger partial charge in [0.15, 0.2) is 5.75 Å². The minimum atomic E-state index is -3.89. The summed E-state index contributed by atoms with van der Waals surface area (Å²) in [7, 11) is -7.68. The summed E-state index contributed by atoms with van der Waals surface area (Å²) >= 11 is 6.84. The summed E-state index contributed by atoms with van der Waals surface area (Å²) in [6.45, 7) is 1.83. The second-order valence-electron chi connectivity index (χ2n) is 6.23. The predicted molar refractivity (Wildman–Crippen MR) is 118 cm³/mol. The lowest BCUT2D eigenvalue weighted by Crippen LogP contribution is -2.45. The number of hydrogen-bond donors (Lipinski definition) is 1. The molecule has 1 amide bonds. The quantitative estimate of drug-likeness (QED) is 0.356. The van der Waals surface area contributed by atoms with Crippen molar-refractivity contribution in [2.75, 3.05) is 19.1 Å².